The van der Waals surface area contributed by atoms with Gasteiger partial charge in [0.2, 0.25) is 11.4 Å². The van der Waals surface area contributed by atoms with Crippen LogP contribution in [0.1, 0.15) is 20.7 Å². The minimum atomic E-state index is -0.790. The van der Waals surface area contributed by atoms with Crippen LogP contribution in [0.15, 0.2) is 72.8 Å². The molecule has 0 atom stereocenters. The number of hydrogen-bond acceptors (Lipinski definition) is 4. The minimum absolute atomic E-state index is 0.00687. The largest absolute Gasteiger partial charge is 0.435 e. The Kier molecular flexibility index (Phi) is 5.45. The Hall–Kier alpha value is -4.42. The van der Waals surface area contributed by atoms with Crippen molar-refractivity contribution in [3.63, 3.8) is 0 Å². The fourth-order valence-electron chi connectivity index (χ4n) is 2.42. The number of para-hydroxylation sites is 4. The molecule has 28 heavy (non-hydrogen) atoms. The van der Waals surface area contributed by atoms with Crippen molar-refractivity contribution in [2.75, 3.05) is 0 Å². The second kappa shape index (κ2) is 8.31. The molecule has 0 aromatic heterocycles. The maximum Gasteiger partial charge on any atom is 0.343 e. The Labute approximate surface area is 161 Å². The molecule has 0 aliphatic heterocycles. The van der Waals surface area contributed by atoms with Crippen molar-refractivity contribution >= 4 is 23.3 Å². The molecule has 6 nitrogen and oxygen atoms in total. The van der Waals surface area contributed by atoms with Crippen LogP contribution in [0.5, 0.6) is 11.5 Å². The van der Waals surface area contributed by atoms with Gasteiger partial charge in [0.1, 0.15) is 11.5 Å². The minimum Gasteiger partial charge on any atom is -0.435 e. The van der Waals surface area contributed by atoms with E-state index in [0.29, 0.717) is 0 Å². The fourth-order valence-corrected chi connectivity index (χ4v) is 2.42. The molecule has 0 spiro atoms. The highest BCUT2D eigenvalue weighted by molar-refractivity contribution is 6.04. The van der Waals surface area contributed by atoms with Crippen LogP contribution in [0.2, 0.25) is 0 Å². The van der Waals surface area contributed by atoms with Crippen LogP contribution in [0.4, 0.5) is 11.4 Å². The molecular formula is C22H12N2O4. The maximum atomic E-state index is 12.6. The predicted molar refractivity (Wildman–Crippen MR) is 102 cm³/mol. The van der Waals surface area contributed by atoms with E-state index in [0.717, 1.165) is 0 Å². The van der Waals surface area contributed by atoms with E-state index in [4.69, 9.17) is 22.6 Å². The van der Waals surface area contributed by atoms with Gasteiger partial charge in [-0.3, -0.25) is 0 Å². The zero-order valence-electron chi connectivity index (χ0n) is 14.5. The number of ether oxygens (including phenoxy) is 2. The normalized spacial score (nSPS) is 9.64. The molecule has 0 saturated heterocycles. The van der Waals surface area contributed by atoms with Crippen molar-refractivity contribution in [2.45, 2.75) is 0 Å². The molecule has 0 radical (unpaired) electrons. The molecule has 134 valence electrons. The Morgan fingerprint density at radius 2 is 0.964 bits per heavy atom. The number of nitrogens with zero attached hydrogens (tertiary/aromatic N) is 2. The van der Waals surface area contributed by atoms with Crippen molar-refractivity contribution in [3.8, 4) is 11.5 Å². The lowest BCUT2D eigenvalue weighted by Gasteiger charge is -2.11. The number of esters is 2. The molecule has 0 fully saturated rings. The number of rotatable bonds is 4. The van der Waals surface area contributed by atoms with Gasteiger partial charge in [-0.05, 0) is 24.3 Å². The summed E-state index contributed by atoms with van der Waals surface area (Å²) in [6.07, 6.45) is 0. The molecule has 3 aromatic carbocycles. The molecule has 0 bridgehead atoms. The van der Waals surface area contributed by atoms with Gasteiger partial charge in [-0.1, -0.05) is 48.5 Å². The topological polar surface area (TPSA) is 61.3 Å². The van der Waals surface area contributed by atoms with Gasteiger partial charge in [0.05, 0.1) is 24.3 Å². The van der Waals surface area contributed by atoms with Crippen molar-refractivity contribution in [1.29, 1.82) is 0 Å². The van der Waals surface area contributed by atoms with E-state index in [2.05, 4.69) is 9.69 Å². The van der Waals surface area contributed by atoms with Gasteiger partial charge in [-0.2, -0.15) is 0 Å². The third-order valence-corrected chi connectivity index (χ3v) is 3.74. The van der Waals surface area contributed by atoms with E-state index < -0.39 is 11.9 Å². The first-order chi connectivity index (χ1) is 13.6. The van der Waals surface area contributed by atoms with Crippen LogP contribution in [-0.2, 0) is 0 Å². The van der Waals surface area contributed by atoms with Gasteiger partial charge < -0.3 is 9.47 Å². The van der Waals surface area contributed by atoms with Crippen molar-refractivity contribution in [2.24, 2.45) is 0 Å². The van der Waals surface area contributed by atoms with Crippen LogP contribution >= 0.6 is 0 Å². The molecule has 0 unspecified atom stereocenters. The van der Waals surface area contributed by atoms with E-state index in [1.54, 1.807) is 36.4 Å². The molecule has 3 aromatic rings. The molecular weight excluding hydrogens is 356 g/mol. The van der Waals surface area contributed by atoms with Crippen molar-refractivity contribution in [1.82, 2.24) is 0 Å². The third kappa shape index (κ3) is 3.87. The lowest BCUT2D eigenvalue weighted by molar-refractivity contribution is 0.0693. The Bertz CT molecular complexity index is 1050. The molecule has 6 heteroatoms. The van der Waals surface area contributed by atoms with Crippen LogP contribution < -0.4 is 9.47 Å². The van der Waals surface area contributed by atoms with Crippen LogP contribution in [0.3, 0.4) is 0 Å². The summed E-state index contributed by atoms with van der Waals surface area (Å²) in [7, 11) is 0. The second-order valence-corrected chi connectivity index (χ2v) is 5.48. The SMILES string of the molecule is [C-]#[N+]c1ccccc1OC(=O)c1ccccc1C(=O)Oc1ccccc1[N+]#[C-]. The summed E-state index contributed by atoms with van der Waals surface area (Å²) in [6, 6.07) is 18.7. The van der Waals surface area contributed by atoms with Crippen LogP contribution in [0, 0.1) is 13.1 Å². The summed E-state index contributed by atoms with van der Waals surface area (Å²) in [6.45, 7) is 14.3. The first-order valence-electron chi connectivity index (χ1n) is 8.10. The van der Waals surface area contributed by atoms with Crippen molar-refractivity contribution < 1.29 is 19.1 Å². The monoisotopic (exact) mass is 368 g/mol. The standard InChI is InChI=1S/C22H12N2O4/c1-23-17-11-5-7-13-19(17)27-21(25)15-9-3-4-10-16(15)22(26)28-20-14-8-6-12-18(20)24-2/h3-14H. The molecule has 3 rings (SSSR count). The number of carbonyl (C=O) groups is 2. The summed E-state index contributed by atoms with van der Waals surface area (Å²) in [5, 5.41) is 0. The van der Waals surface area contributed by atoms with Gasteiger partial charge >= 0.3 is 11.9 Å². The smallest absolute Gasteiger partial charge is 0.343 e. The summed E-state index contributed by atoms with van der Waals surface area (Å²) in [5.41, 5.74) is 0.351. The quantitative estimate of drug-likeness (QED) is 0.360. The highest BCUT2D eigenvalue weighted by Gasteiger charge is 2.21. The molecule has 0 N–H and O–H groups in total. The Morgan fingerprint density at radius 1 is 0.607 bits per heavy atom. The summed E-state index contributed by atoms with van der Waals surface area (Å²) >= 11 is 0. The summed E-state index contributed by atoms with van der Waals surface area (Å²) < 4.78 is 10.6. The fraction of sp³-hybridized carbons (Fsp3) is 0. The van der Waals surface area contributed by atoms with Gasteiger partial charge in [0.25, 0.3) is 0 Å². The number of hydrogen-bond donors (Lipinski definition) is 0. The zero-order chi connectivity index (χ0) is 19.9. The lowest BCUT2D eigenvalue weighted by Crippen LogP contribution is -2.17. The Balaban J connectivity index is 1.89. The van der Waals surface area contributed by atoms with E-state index in [1.165, 1.54) is 36.4 Å². The summed E-state index contributed by atoms with van der Waals surface area (Å²) in [4.78, 5) is 31.8. The predicted octanol–water partition coefficient (Wildman–Crippen LogP) is 5.23. The number of carbonyl (C=O) groups excluding carboxylic acids is 2. The van der Waals surface area contributed by atoms with E-state index in [1.807, 2.05) is 0 Å². The highest BCUT2D eigenvalue weighted by Crippen LogP contribution is 2.29. The van der Waals surface area contributed by atoms with E-state index in [-0.39, 0.29) is 34.0 Å². The number of benzene rings is 3. The van der Waals surface area contributed by atoms with Gasteiger partial charge in [0.15, 0.2) is 0 Å². The lowest BCUT2D eigenvalue weighted by atomic mass is 10.1. The molecule has 0 aliphatic rings. The molecule has 0 saturated carbocycles. The summed E-state index contributed by atoms with van der Waals surface area (Å²) in [5.74, 6) is -1.38. The van der Waals surface area contributed by atoms with E-state index in [9.17, 15) is 9.59 Å². The van der Waals surface area contributed by atoms with Gasteiger partial charge in [-0.25, -0.2) is 19.3 Å². The molecule has 0 amide bonds. The maximum absolute atomic E-state index is 12.6. The second-order valence-electron chi connectivity index (χ2n) is 5.48. The van der Waals surface area contributed by atoms with E-state index >= 15 is 0 Å². The van der Waals surface area contributed by atoms with Crippen LogP contribution in [0.25, 0.3) is 9.69 Å². The van der Waals surface area contributed by atoms with Gasteiger partial charge in [-0.15, -0.1) is 0 Å². The van der Waals surface area contributed by atoms with Crippen LogP contribution in [-0.4, -0.2) is 11.9 Å². The Morgan fingerprint density at radius 3 is 1.36 bits per heavy atom. The third-order valence-electron chi connectivity index (χ3n) is 3.74. The van der Waals surface area contributed by atoms with Gasteiger partial charge in [0, 0.05) is 0 Å². The van der Waals surface area contributed by atoms with Crippen molar-refractivity contribution in [3.05, 3.63) is 107 Å². The molecule has 0 aliphatic carbocycles. The zero-order valence-corrected chi connectivity index (χ0v) is 14.5. The highest BCUT2D eigenvalue weighted by atomic mass is 16.5. The average molecular weight is 368 g/mol. The average Bonchev–Trinajstić information content (AvgIpc) is 2.74. The molecule has 0 heterocycles. The first kappa shape index (κ1) is 18.4. The first-order valence-corrected chi connectivity index (χ1v) is 8.10.